The fraction of sp³-hybridized carbons (Fsp3) is 0.0909. The average molecular weight is 508 g/mol. The van der Waals surface area contributed by atoms with Crippen LogP contribution in [0, 0.1) is 0 Å². The lowest BCUT2D eigenvalue weighted by Crippen LogP contribution is -2.19. The van der Waals surface area contributed by atoms with Crippen molar-refractivity contribution in [2.75, 3.05) is 17.7 Å². The molecule has 0 heterocycles. The molecule has 0 aliphatic heterocycles. The Bertz CT molecular complexity index is 1140. The van der Waals surface area contributed by atoms with E-state index in [1.54, 1.807) is 48.5 Å². The molecule has 32 heavy (non-hydrogen) atoms. The van der Waals surface area contributed by atoms with Crippen LogP contribution in [0.1, 0.15) is 15.9 Å². The number of ether oxygens (including phenoxy) is 1. The number of hydrogen-bond acceptors (Lipinski definition) is 3. The lowest BCUT2D eigenvalue weighted by molar-refractivity contribution is -0.138. The molecule has 3 N–H and O–H groups in total. The molecule has 0 radical (unpaired) electrons. The topological polar surface area (TPSA) is 79.5 Å². The number of rotatable bonds is 5. The molecule has 0 aliphatic rings. The Morgan fingerprint density at radius 2 is 1.53 bits per heavy atom. The van der Waals surface area contributed by atoms with Crippen molar-refractivity contribution in [1.82, 2.24) is 5.32 Å². The number of halogens is 4. The van der Waals surface area contributed by atoms with Gasteiger partial charge in [-0.15, -0.1) is 0 Å². The van der Waals surface area contributed by atoms with E-state index in [1.807, 2.05) is 0 Å². The first kappa shape index (κ1) is 23.1. The number of amides is 3. The van der Waals surface area contributed by atoms with Crippen LogP contribution in [-0.2, 0) is 6.18 Å². The average Bonchev–Trinajstić information content (AvgIpc) is 2.75. The number of urea groups is 1. The molecule has 10 heteroatoms. The van der Waals surface area contributed by atoms with Crippen LogP contribution in [0.4, 0.5) is 29.3 Å². The summed E-state index contributed by atoms with van der Waals surface area (Å²) >= 11 is 2.85. The molecular weight excluding hydrogens is 491 g/mol. The van der Waals surface area contributed by atoms with Crippen molar-refractivity contribution in [3.8, 4) is 11.5 Å². The van der Waals surface area contributed by atoms with Gasteiger partial charge in [0.1, 0.15) is 11.5 Å². The molecule has 3 aromatic rings. The van der Waals surface area contributed by atoms with Gasteiger partial charge in [0.25, 0.3) is 5.91 Å². The van der Waals surface area contributed by atoms with E-state index in [0.717, 1.165) is 6.07 Å². The van der Waals surface area contributed by atoms with Crippen LogP contribution in [0.25, 0.3) is 0 Å². The molecule has 0 aromatic heterocycles. The number of hydrogen-bond donors (Lipinski definition) is 3. The van der Waals surface area contributed by atoms with Crippen molar-refractivity contribution in [3.63, 3.8) is 0 Å². The van der Waals surface area contributed by atoms with Gasteiger partial charge in [-0.3, -0.25) is 4.79 Å². The zero-order valence-electron chi connectivity index (χ0n) is 16.6. The Morgan fingerprint density at radius 1 is 0.875 bits per heavy atom. The van der Waals surface area contributed by atoms with Crippen molar-refractivity contribution in [2.24, 2.45) is 0 Å². The van der Waals surface area contributed by atoms with Gasteiger partial charge < -0.3 is 20.7 Å². The van der Waals surface area contributed by atoms with Crippen molar-refractivity contribution in [2.45, 2.75) is 6.18 Å². The van der Waals surface area contributed by atoms with Crippen LogP contribution in [0.15, 0.2) is 71.2 Å². The molecule has 0 atom stereocenters. The summed E-state index contributed by atoms with van der Waals surface area (Å²) in [6.45, 7) is 0. The highest BCUT2D eigenvalue weighted by Crippen LogP contribution is 2.36. The second kappa shape index (κ2) is 9.73. The van der Waals surface area contributed by atoms with Crippen molar-refractivity contribution in [3.05, 3.63) is 82.3 Å². The predicted molar refractivity (Wildman–Crippen MR) is 118 cm³/mol. The molecule has 0 fully saturated rings. The summed E-state index contributed by atoms with van der Waals surface area (Å²) in [6.07, 6.45) is -4.55. The molecule has 166 valence electrons. The third-order valence-corrected chi connectivity index (χ3v) is 4.89. The lowest BCUT2D eigenvalue weighted by atomic mass is 10.2. The zero-order chi connectivity index (χ0) is 23.3. The van der Waals surface area contributed by atoms with E-state index in [0.29, 0.717) is 22.7 Å². The fourth-order valence-corrected chi connectivity index (χ4v) is 3.17. The van der Waals surface area contributed by atoms with E-state index in [1.165, 1.54) is 19.2 Å². The Kier molecular flexibility index (Phi) is 7.04. The molecule has 6 nitrogen and oxygen atoms in total. The fourth-order valence-electron chi connectivity index (χ4n) is 2.70. The summed E-state index contributed by atoms with van der Waals surface area (Å²) in [5, 5.41) is 7.43. The SMILES string of the molecule is CNC(=O)c1cccc(Oc2ccc(NC(=O)Nc3ccc(Br)c(C(F)(F)F)c3)cc2)c1. The van der Waals surface area contributed by atoms with Crippen LogP contribution in [0.2, 0.25) is 0 Å². The monoisotopic (exact) mass is 507 g/mol. The Labute approximate surface area is 189 Å². The zero-order valence-corrected chi connectivity index (χ0v) is 18.2. The molecule has 3 amide bonds. The van der Waals surface area contributed by atoms with Gasteiger partial charge in [0.2, 0.25) is 0 Å². The number of anilines is 2. The second-order valence-corrected chi connectivity index (χ2v) is 7.36. The molecule has 0 saturated heterocycles. The molecule has 3 rings (SSSR count). The maximum absolute atomic E-state index is 13.0. The minimum Gasteiger partial charge on any atom is -0.457 e. The minimum atomic E-state index is -4.55. The van der Waals surface area contributed by atoms with E-state index in [-0.39, 0.29) is 16.1 Å². The summed E-state index contributed by atoms with van der Waals surface area (Å²) in [4.78, 5) is 23.9. The normalized spacial score (nSPS) is 10.9. The van der Waals surface area contributed by atoms with Gasteiger partial charge in [-0.05, 0) is 60.7 Å². The number of carbonyl (C=O) groups is 2. The summed E-state index contributed by atoms with van der Waals surface area (Å²) in [7, 11) is 1.53. The number of alkyl halides is 3. The quantitative estimate of drug-likeness (QED) is 0.381. The van der Waals surface area contributed by atoms with Crippen LogP contribution < -0.4 is 20.7 Å². The van der Waals surface area contributed by atoms with Gasteiger partial charge in [0.15, 0.2) is 0 Å². The van der Waals surface area contributed by atoms with Gasteiger partial charge in [-0.25, -0.2) is 4.79 Å². The van der Waals surface area contributed by atoms with Crippen LogP contribution in [0.5, 0.6) is 11.5 Å². The van der Waals surface area contributed by atoms with E-state index >= 15 is 0 Å². The van der Waals surface area contributed by atoms with Gasteiger partial charge in [0.05, 0.1) is 5.56 Å². The van der Waals surface area contributed by atoms with Gasteiger partial charge >= 0.3 is 12.2 Å². The molecular formula is C22H17BrF3N3O3. The summed E-state index contributed by atoms with van der Waals surface area (Å²) in [5.74, 6) is 0.683. The smallest absolute Gasteiger partial charge is 0.417 e. The van der Waals surface area contributed by atoms with Crippen LogP contribution in [-0.4, -0.2) is 19.0 Å². The summed E-state index contributed by atoms with van der Waals surface area (Å²) < 4.78 is 44.6. The third-order valence-electron chi connectivity index (χ3n) is 4.20. The Balaban J connectivity index is 1.62. The first-order valence-corrected chi connectivity index (χ1v) is 10.00. The van der Waals surface area contributed by atoms with E-state index in [2.05, 4.69) is 31.9 Å². The Hall–Kier alpha value is -3.53. The van der Waals surface area contributed by atoms with Gasteiger partial charge in [-0.2, -0.15) is 13.2 Å². The molecule has 0 unspecified atom stereocenters. The number of nitrogens with one attached hydrogen (secondary N) is 3. The van der Waals surface area contributed by atoms with E-state index in [9.17, 15) is 22.8 Å². The van der Waals surface area contributed by atoms with Crippen molar-refractivity contribution < 1.29 is 27.5 Å². The molecule has 3 aromatic carbocycles. The summed E-state index contributed by atoms with van der Waals surface area (Å²) in [5.41, 5.74) is -0.0463. The van der Waals surface area contributed by atoms with Crippen molar-refractivity contribution in [1.29, 1.82) is 0 Å². The number of carbonyl (C=O) groups excluding carboxylic acids is 2. The minimum absolute atomic E-state index is 0.00558. The lowest BCUT2D eigenvalue weighted by Gasteiger charge is -2.13. The first-order chi connectivity index (χ1) is 15.2. The predicted octanol–water partition coefficient (Wildman–Crippen LogP) is 6.26. The van der Waals surface area contributed by atoms with Crippen LogP contribution >= 0.6 is 15.9 Å². The highest BCUT2D eigenvalue weighted by atomic mass is 79.9. The summed E-state index contributed by atoms with van der Waals surface area (Å²) in [6, 6.07) is 15.7. The third kappa shape index (κ3) is 6.01. The standard InChI is InChI=1S/C22H17BrF3N3O3/c1-27-20(30)13-3-2-4-17(11-13)32-16-8-5-14(6-9-16)28-21(31)29-15-7-10-19(23)18(12-15)22(24,25)26/h2-12H,1H3,(H,27,30)(H2,28,29,31). The van der Waals surface area contributed by atoms with Gasteiger partial charge in [-0.1, -0.05) is 22.0 Å². The van der Waals surface area contributed by atoms with Crippen LogP contribution in [0.3, 0.4) is 0 Å². The van der Waals surface area contributed by atoms with E-state index < -0.39 is 17.8 Å². The van der Waals surface area contributed by atoms with Crippen molar-refractivity contribution >= 4 is 39.2 Å². The van der Waals surface area contributed by atoms with Gasteiger partial charge in [0, 0.05) is 28.5 Å². The largest absolute Gasteiger partial charge is 0.457 e. The highest BCUT2D eigenvalue weighted by molar-refractivity contribution is 9.10. The first-order valence-electron chi connectivity index (χ1n) is 9.20. The maximum Gasteiger partial charge on any atom is 0.417 e. The van der Waals surface area contributed by atoms with E-state index in [4.69, 9.17) is 4.74 Å². The highest BCUT2D eigenvalue weighted by Gasteiger charge is 2.33. The Morgan fingerprint density at radius 3 is 2.19 bits per heavy atom. The molecule has 0 spiro atoms. The molecule has 0 bridgehead atoms. The molecule has 0 saturated carbocycles. The number of benzene rings is 3. The second-order valence-electron chi connectivity index (χ2n) is 6.50. The maximum atomic E-state index is 13.0. The molecule has 0 aliphatic carbocycles.